The monoisotopic (exact) mass is 259 g/mol. The van der Waals surface area contributed by atoms with Gasteiger partial charge in [-0.1, -0.05) is 24.6 Å². The highest BCUT2D eigenvalue weighted by Gasteiger charge is 2.21. The van der Waals surface area contributed by atoms with Gasteiger partial charge in [-0.2, -0.15) is 0 Å². The summed E-state index contributed by atoms with van der Waals surface area (Å²) >= 11 is 5.93. The van der Waals surface area contributed by atoms with E-state index in [2.05, 4.69) is 12.2 Å². The molecule has 2 N–H and O–H groups in total. The molecule has 0 bridgehead atoms. The Hall–Kier alpha value is -0.640. The topological polar surface area (TPSA) is 32.3 Å². The molecule has 4 heteroatoms. The van der Waals surface area contributed by atoms with E-state index >= 15 is 0 Å². The lowest BCUT2D eigenvalue weighted by molar-refractivity contribution is 0.0604. The van der Waals surface area contributed by atoms with E-state index in [-0.39, 0.29) is 5.82 Å². The molecular formula is C13H19ClFNO. The van der Waals surface area contributed by atoms with Crippen LogP contribution in [-0.4, -0.2) is 23.8 Å². The van der Waals surface area contributed by atoms with Crippen molar-refractivity contribution >= 4 is 11.6 Å². The van der Waals surface area contributed by atoms with Crippen LogP contribution in [0.1, 0.15) is 25.8 Å². The normalized spacial score (nSPS) is 14.6. The van der Waals surface area contributed by atoms with Gasteiger partial charge in [-0.25, -0.2) is 4.39 Å². The van der Waals surface area contributed by atoms with Gasteiger partial charge < -0.3 is 10.4 Å². The summed E-state index contributed by atoms with van der Waals surface area (Å²) in [5.74, 6) is -0.359. The van der Waals surface area contributed by atoms with Crippen molar-refractivity contribution in [1.82, 2.24) is 5.32 Å². The Morgan fingerprint density at radius 1 is 1.47 bits per heavy atom. The van der Waals surface area contributed by atoms with Crippen molar-refractivity contribution in [3.05, 3.63) is 34.6 Å². The summed E-state index contributed by atoms with van der Waals surface area (Å²) < 4.78 is 12.9. The Kier molecular flexibility index (Phi) is 5.37. The minimum absolute atomic E-state index is 0.359. The van der Waals surface area contributed by atoms with Crippen molar-refractivity contribution in [3.8, 4) is 0 Å². The van der Waals surface area contributed by atoms with Crippen molar-refractivity contribution < 1.29 is 9.50 Å². The summed E-state index contributed by atoms with van der Waals surface area (Å²) in [6, 6.07) is 4.25. The van der Waals surface area contributed by atoms with E-state index in [9.17, 15) is 9.50 Å². The van der Waals surface area contributed by atoms with Gasteiger partial charge in [-0.15, -0.1) is 0 Å². The second-order valence-corrected chi connectivity index (χ2v) is 4.99. The first-order valence-electron chi connectivity index (χ1n) is 5.81. The number of aliphatic hydroxyl groups is 1. The first-order valence-corrected chi connectivity index (χ1v) is 6.19. The fraction of sp³-hybridized carbons (Fsp3) is 0.538. The molecular weight excluding hydrogens is 241 g/mol. The summed E-state index contributed by atoms with van der Waals surface area (Å²) in [7, 11) is 0. The van der Waals surface area contributed by atoms with Gasteiger partial charge in [0.1, 0.15) is 5.82 Å². The Morgan fingerprint density at radius 2 is 2.18 bits per heavy atom. The second kappa shape index (κ2) is 6.34. The molecule has 0 radical (unpaired) electrons. The molecule has 17 heavy (non-hydrogen) atoms. The molecule has 1 unspecified atom stereocenters. The molecule has 1 aromatic carbocycles. The molecule has 0 aliphatic rings. The predicted octanol–water partition coefficient (Wildman–Crippen LogP) is 2.77. The van der Waals surface area contributed by atoms with Crippen LogP contribution in [-0.2, 0) is 6.42 Å². The van der Waals surface area contributed by atoms with Crippen LogP contribution in [0.2, 0.25) is 5.02 Å². The fourth-order valence-corrected chi connectivity index (χ4v) is 1.91. The third-order valence-corrected chi connectivity index (χ3v) is 2.87. The predicted molar refractivity (Wildman–Crippen MR) is 68.9 cm³/mol. The van der Waals surface area contributed by atoms with Gasteiger partial charge in [0.25, 0.3) is 0 Å². The lowest BCUT2D eigenvalue weighted by atomic mass is 9.96. The van der Waals surface area contributed by atoms with Gasteiger partial charge in [-0.3, -0.25) is 0 Å². The van der Waals surface area contributed by atoms with Crippen LogP contribution in [0.3, 0.4) is 0 Å². The van der Waals surface area contributed by atoms with Crippen LogP contribution < -0.4 is 5.32 Å². The van der Waals surface area contributed by atoms with Crippen LogP contribution in [0, 0.1) is 5.82 Å². The first kappa shape index (κ1) is 14.4. The number of nitrogens with one attached hydrogen (secondary N) is 1. The molecule has 1 aromatic rings. The van der Waals surface area contributed by atoms with Crippen LogP contribution in [0.25, 0.3) is 0 Å². The Labute approximate surface area is 107 Å². The molecule has 0 aromatic heterocycles. The van der Waals surface area contributed by atoms with Crippen molar-refractivity contribution in [3.63, 3.8) is 0 Å². The van der Waals surface area contributed by atoms with Gasteiger partial charge in [0, 0.05) is 18.0 Å². The van der Waals surface area contributed by atoms with Gasteiger partial charge in [0.05, 0.1) is 5.60 Å². The number of rotatable bonds is 6. The van der Waals surface area contributed by atoms with E-state index in [1.165, 1.54) is 12.1 Å². The summed E-state index contributed by atoms with van der Waals surface area (Å²) in [5.41, 5.74) is -0.118. The highest BCUT2D eigenvalue weighted by Crippen LogP contribution is 2.22. The van der Waals surface area contributed by atoms with E-state index in [0.717, 1.165) is 18.5 Å². The SMILES string of the molecule is CCCNCC(C)(O)Cc1ccc(F)cc1Cl. The molecule has 0 aliphatic heterocycles. The zero-order chi connectivity index (χ0) is 12.9. The third-order valence-electron chi connectivity index (χ3n) is 2.52. The smallest absolute Gasteiger partial charge is 0.124 e. The average Bonchev–Trinajstić information content (AvgIpc) is 2.22. The van der Waals surface area contributed by atoms with Gasteiger partial charge >= 0.3 is 0 Å². The molecule has 0 spiro atoms. The number of hydrogen-bond donors (Lipinski definition) is 2. The van der Waals surface area contributed by atoms with Crippen molar-refractivity contribution in [1.29, 1.82) is 0 Å². The zero-order valence-electron chi connectivity index (χ0n) is 10.3. The van der Waals surface area contributed by atoms with Crippen LogP contribution in [0.5, 0.6) is 0 Å². The van der Waals surface area contributed by atoms with Gasteiger partial charge in [-0.05, 0) is 37.6 Å². The first-order chi connectivity index (χ1) is 7.94. The van der Waals surface area contributed by atoms with E-state index in [4.69, 9.17) is 11.6 Å². The molecule has 0 heterocycles. The van der Waals surface area contributed by atoms with Crippen LogP contribution in [0.4, 0.5) is 4.39 Å². The summed E-state index contributed by atoms with van der Waals surface area (Å²) in [5, 5.41) is 13.7. The zero-order valence-corrected chi connectivity index (χ0v) is 11.0. The minimum atomic E-state index is -0.878. The molecule has 96 valence electrons. The maximum absolute atomic E-state index is 12.9. The second-order valence-electron chi connectivity index (χ2n) is 4.59. The molecule has 1 rings (SSSR count). The average molecular weight is 260 g/mol. The van der Waals surface area contributed by atoms with Gasteiger partial charge in [0.2, 0.25) is 0 Å². The molecule has 0 saturated heterocycles. The molecule has 1 atom stereocenters. The summed E-state index contributed by atoms with van der Waals surface area (Å²) in [6.07, 6.45) is 1.43. The maximum atomic E-state index is 12.9. The van der Waals surface area contributed by atoms with Crippen LogP contribution in [0.15, 0.2) is 18.2 Å². The molecule has 0 saturated carbocycles. The summed E-state index contributed by atoms with van der Waals surface area (Å²) in [4.78, 5) is 0. The van der Waals surface area contributed by atoms with E-state index in [1.807, 2.05) is 0 Å². The number of hydrogen-bond acceptors (Lipinski definition) is 2. The standard InChI is InChI=1S/C13H19ClFNO/c1-3-6-16-9-13(2,17)8-10-4-5-11(15)7-12(10)14/h4-5,7,16-17H,3,6,8-9H2,1-2H3. The highest BCUT2D eigenvalue weighted by molar-refractivity contribution is 6.31. The quantitative estimate of drug-likeness (QED) is 0.770. The largest absolute Gasteiger partial charge is 0.389 e. The Bertz CT molecular complexity index is 368. The Morgan fingerprint density at radius 3 is 2.76 bits per heavy atom. The minimum Gasteiger partial charge on any atom is -0.389 e. The van der Waals surface area contributed by atoms with E-state index in [1.54, 1.807) is 13.0 Å². The van der Waals surface area contributed by atoms with Gasteiger partial charge in [0.15, 0.2) is 0 Å². The summed E-state index contributed by atoms with van der Waals surface area (Å²) in [6.45, 7) is 5.18. The van der Waals surface area contributed by atoms with E-state index < -0.39 is 5.60 Å². The highest BCUT2D eigenvalue weighted by atomic mass is 35.5. The number of benzene rings is 1. The van der Waals surface area contributed by atoms with Crippen molar-refractivity contribution in [2.75, 3.05) is 13.1 Å². The lowest BCUT2D eigenvalue weighted by Crippen LogP contribution is -2.40. The van der Waals surface area contributed by atoms with Crippen LogP contribution >= 0.6 is 11.6 Å². The lowest BCUT2D eigenvalue weighted by Gasteiger charge is -2.24. The van der Waals surface area contributed by atoms with E-state index in [0.29, 0.717) is 18.0 Å². The number of halogens is 2. The maximum Gasteiger partial charge on any atom is 0.124 e. The molecule has 2 nitrogen and oxygen atoms in total. The Balaban J connectivity index is 2.62. The molecule has 0 fully saturated rings. The molecule has 0 amide bonds. The van der Waals surface area contributed by atoms with Crippen molar-refractivity contribution in [2.45, 2.75) is 32.3 Å². The molecule has 0 aliphatic carbocycles. The fourth-order valence-electron chi connectivity index (χ4n) is 1.67. The van der Waals surface area contributed by atoms with Crippen molar-refractivity contribution in [2.24, 2.45) is 0 Å². The third kappa shape index (κ3) is 5.02.